The van der Waals surface area contributed by atoms with E-state index in [1.54, 1.807) is 63.5 Å². The summed E-state index contributed by atoms with van der Waals surface area (Å²) in [7, 11) is 0. The van der Waals surface area contributed by atoms with Crippen molar-refractivity contribution in [3.63, 3.8) is 0 Å². The molecule has 0 radical (unpaired) electrons. The van der Waals surface area contributed by atoms with Crippen molar-refractivity contribution in [2.24, 2.45) is 0 Å². The number of hydrogen-bond donors (Lipinski definition) is 3. The predicted molar refractivity (Wildman–Crippen MR) is 105 cm³/mol. The van der Waals surface area contributed by atoms with Gasteiger partial charge in [0.25, 0.3) is 5.91 Å². The minimum absolute atomic E-state index is 0.230. The summed E-state index contributed by atoms with van der Waals surface area (Å²) in [5.41, 5.74) is 1.14. The monoisotopic (exact) mass is 384 g/mol. The van der Waals surface area contributed by atoms with Crippen LogP contribution in [0.15, 0.2) is 48.8 Å². The van der Waals surface area contributed by atoms with Crippen LogP contribution < -0.4 is 16.0 Å². The second-order valence-electron chi connectivity index (χ2n) is 6.98. The zero-order chi connectivity index (χ0) is 20.6. The molecule has 148 valence electrons. The fourth-order valence-corrected chi connectivity index (χ4v) is 2.24. The highest BCUT2D eigenvalue weighted by molar-refractivity contribution is 5.95. The molecule has 0 aliphatic heterocycles. The average Bonchev–Trinajstić information content (AvgIpc) is 2.65. The molecule has 0 saturated carbocycles. The largest absolute Gasteiger partial charge is 0.444 e. The Hall–Kier alpha value is -3.42. The topological polar surface area (TPSA) is 109 Å². The van der Waals surface area contributed by atoms with E-state index in [0.29, 0.717) is 11.3 Å². The van der Waals surface area contributed by atoms with Crippen LogP contribution >= 0.6 is 0 Å². The Morgan fingerprint density at radius 3 is 2.36 bits per heavy atom. The van der Waals surface area contributed by atoms with Crippen LogP contribution in [0.2, 0.25) is 0 Å². The van der Waals surface area contributed by atoms with Gasteiger partial charge in [-0.3, -0.25) is 14.6 Å². The first kappa shape index (κ1) is 20.9. The van der Waals surface area contributed by atoms with Crippen molar-refractivity contribution < 1.29 is 19.1 Å². The first-order valence-electron chi connectivity index (χ1n) is 8.77. The van der Waals surface area contributed by atoms with Crippen LogP contribution in [0, 0.1) is 0 Å². The molecular weight excluding hydrogens is 360 g/mol. The lowest BCUT2D eigenvalue weighted by molar-refractivity contribution is -0.115. The van der Waals surface area contributed by atoms with Crippen molar-refractivity contribution in [1.29, 1.82) is 0 Å². The van der Waals surface area contributed by atoms with Crippen molar-refractivity contribution in [3.05, 3.63) is 59.9 Å². The Morgan fingerprint density at radius 2 is 1.68 bits per heavy atom. The van der Waals surface area contributed by atoms with E-state index in [4.69, 9.17) is 4.74 Å². The van der Waals surface area contributed by atoms with Crippen molar-refractivity contribution >= 4 is 23.6 Å². The third kappa shape index (κ3) is 7.06. The second kappa shape index (κ2) is 9.50. The van der Waals surface area contributed by atoms with E-state index in [0.717, 1.165) is 5.56 Å². The number of amides is 3. The number of aromatic nitrogens is 1. The van der Waals surface area contributed by atoms with E-state index in [-0.39, 0.29) is 19.0 Å². The van der Waals surface area contributed by atoms with Crippen LogP contribution in [0.4, 0.5) is 10.5 Å². The summed E-state index contributed by atoms with van der Waals surface area (Å²) in [6, 6.07) is 10.3. The quantitative estimate of drug-likeness (QED) is 0.709. The van der Waals surface area contributed by atoms with Gasteiger partial charge in [-0.1, -0.05) is 18.2 Å². The van der Waals surface area contributed by atoms with Gasteiger partial charge in [0.1, 0.15) is 12.1 Å². The van der Waals surface area contributed by atoms with E-state index in [1.165, 1.54) is 0 Å². The molecule has 28 heavy (non-hydrogen) atoms. The lowest BCUT2D eigenvalue weighted by atomic mass is 10.1. The molecule has 1 aromatic heterocycles. The Labute approximate surface area is 163 Å². The first-order valence-corrected chi connectivity index (χ1v) is 8.77. The normalized spacial score (nSPS) is 10.7. The van der Waals surface area contributed by atoms with Crippen LogP contribution in [-0.4, -0.2) is 35.0 Å². The Kier molecular flexibility index (Phi) is 7.08. The highest BCUT2D eigenvalue weighted by Crippen LogP contribution is 2.15. The smallest absolute Gasteiger partial charge is 0.408 e. The van der Waals surface area contributed by atoms with Crippen LogP contribution in [0.1, 0.15) is 36.7 Å². The van der Waals surface area contributed by atoms with Gasteiger partial charge in [0, 0.05) is 30.2 Å². The van der Waals surface area contributed by atoms with Gasteiger partial charge in [-0.05, 0) is 44.5 Å². The Bertz CT molecular complexity index is 832. The number of pyridine rings is 1. The molecule has 0 saturated heterocycles. The molecule has 0 bridgehead atoms. The van der Waals surface area contributed by atoms with Gasteiger partial charge in [-0.2, -0.15) is 0 Å². The maximum Gasteiger partial charge on any atom is 0.408 e. The molecule has 8 heteroatoms. The molecule has 8 nitrogen and oxygen atoms in total. The van der Waals surface area contributed by atoms with Gasteiger partial charge >= 0.3 is 6.09 Å². The van der Waals surface area contributed by atoms with Crippen molar-refractivity contribution in [2.45, 2.75) is 32.9 Å². The van der Waals surface area contributed by atoms with E-state index < -0.39 is 17.6 Å². The summed E-state index contributed by atoms with van der Waals surface area (Å²) < 4.78 is 5.09. The number of hydrogen-bond acceptors (Lipinski definition) is 5. The van der Waals surface area contributed by atoms with Crippen molar-refractivity contribution in [3.8, 4) is 0 Å². The van der Waals surface area contributed by atoms with E-state index >= 15 is 0 Å². The summed E-state index contributed by atoms with van der Waals surface area (Å²) in [5.74, 6) is -0.645. The fraction of sp³-hybridized carbons (Fsp3) is 0.300. The molecule has 1 aromatic carbocycles. The molecule has 1 heterocycles. The molecule has 0 fully saturated rings. The van der Waals surface area contributed by atoms with Crippen molar-refractivity contribution in [1.82, 2.24) is 15.6 Å². The van der Waals surface area contributed by atoms with Gasteiger partial charge in [-0.15, -0.1) is 0 Å². The number of ether oxygens (including phenoxy) is 1. The number of benzene rings is 1. The number of nitrogens with zero attached hydrogens (tertiary/aromatic N) is 1. The molecule has 3 amide bonds. The summed E-state index contributed by atoms with van der Waals surface area (Å²) in [6.07, 6.45) is 2.42. The average molecular weight is 384 g/mol. The predicted octanol–water partition coefficient (Wildman–Crippen LogP) is 2.47. The van der Waals surface area contributed by atoms with Gasteiger partial charge in [0.05, 0.1) is 0 Å². The molecule has 0 unspecified atom stereocenters. The number of carbonyl (C=O) groups excluding carboxylic acids is 3. The Morgan fingerprint density at radius 1 is 1.00 bits per heavy atom. The zero-order valence-corrected chi connectivity index (χ0v) is 16.1. The van der Waals surface area contributed by atoms with E-state index in [1.807, 2.05) is 6.07 Å². The number of nitrogens with one attached hydrogen (secondary N) is 3. The summed E-state index contributed by atoms with van der Waals surface area (Å²) in [6.45, 7) is 5.22. The number of alkyl carbamates (subject to hydrolysis) is 1. The number of carbonyl (C=O) groups is 3. The lowest BCUT2D eigenvalue weighted by Crippen LogP contribution is -2.37. The molecule has 0 spiro atoms. The fourth-order valence-electron chi connectivity index (χ4n) is 2.24. The van der Waals surface area contributed by atoms with E-state index in [9.17, 15) is 14.4 Å². The Balaban J connectivity index is 1.90. The summed E-state index contributed by atoms with van der Waals surface area (Å²) in [5, 5.41) is 7.92. The summed E-state index contributed by atoms with van der Waals surface area (Å²) in [4.78, 5) is 39.8. The third-order valence-corrected chi connectivity index (χ3v) is 3.47. The highest BCUT2D eigenvalue weighted by atomic mass is 16.6. The van der Waals surface area contributed by atoms with Crippen LogP contribution in [0.25, 0.3) is 0 Å². The number of para-hydroxylation sites is 1. The summed E-state index contributed by atoms with van der Waals surface area (Å²) >= 11 is 0. The molecule has 3 N–H and O–H groups in total. The first-order chi connectivity index (χ1) is 13.2. The SMILES string of the molecule is CC(C)(C)OC(=O)NCC(=O)Nc1ccccc1CNC(=O)c1ccncc1. The van der Waals surface area contributed by atoms with Crippen molar-refractivity contribution in [2.75, 3.05) is 11.9 Å². The van der Waals surface area contributed by atoms with Crippen LogP contribution in [0.5, 0.6) is 0 Å². The highest BCUT2D eigenvalue weighted by Gasteiger charge is 2.17. The number of rotatable bonds is 6. The maximum absolute atomic E-state index is 12.2. The minimum Gasteiger partial charge on any atom is -0.444 e. The molecule has 0 aliphatic rings. The number of anilines is 1. The lowest BCUT2D eigenvalue weighted by Gasteiger charge is -2.19. The van der Waals surface area contributed by atoms with Gasteiger partial charge in [0.15, 0.2) is 0 Å². The molecule has 0 atom stereocenters. The van der Waals surface area contributed by atoms with E-state index in [2.05, 4.69) is 20.9 Å². The second-order valence-corrected chi connectivity index (χ2v) is 6.98. The van der Waals surface area contributed by atoms with Crippen LogP contribution in [0.3, 0.4) is 0 Å². The zero-order valence-electron chi connectivity index (χ0n) is 16.1. The third-order valence-electron chi connectivity index (χ3n) is 3.47. The minimum atomic E-state index is -0.666. The van der Waals surface area contributed by atoms with Gasteiger partial charge in [0.2, 0.25) is 5.91 Å². The van der Waals surface area contributed by atoms with Gasteiger partial charge < -0.3 is 20.7 Å². The molecule has 2 aromatic rings. The van der Waals surface area contributed by atoms with Crippen LogP contribution in [-0.2, 0) is 16.1 Å². The molecular formula is C20H24N4O4. The maximum atomic E-state index is 12.2. The molecule has 2 rings (SSSR count). The standard InChI is InChI=1S/C20H24N4O4/c1-20(2,3)28-19(27)23-13-17(25)24-16-7-5-4-6-15(16)12-22-18(26)14-8-10-21-11-9-14/h4-11H,12-13H2,1-3H3,(H,22,26)(H,23,27)(H,24,25). The molecule has 0 aliphatic carbocycles. The van der Waals surface area contributed by atoms with Gasteiger partial charge in [-0.25, -0.2) is 4.79 Å².